The minimum Gasteiger partial charge on any atom is -0.496 e. The minimum atomic E-state index is 0.468. The quantitative estimate of drug-likeness (QED) is 0.822. The Balaban J connectivity index is 2.15. The lowest BCUT2D eigenvalue weighted by molar-refractivity contribution is 0.378. The second kappa shape index (κ2) is 3.49. The second-order valence-electron chi connectivity index (χ2n) is 5.08. The first-order valence-corrected chi connectivity index (χ1v) is 6.15. The van der Waals surface area contributed by atoms with Crippen LogP contribution in [0.1, 0.15) is 42.9 Å². The number of methoxy groups -OCH3 is 1. The first kappa shape index (κ1) is 10.2. The van der Waals surface area contributed by atoms with Crippen molar-refractivity contribution in [3.63, 3.8) is 0 Å². The second-order valence-corrected chi connectivity index (χ2v) is 5.08. The highest BCUT2D eigenvalue weighted by Gasteiger charge is 2.50. The van der Waals surface area contributed by atoms with Crippen molar-refractivity contribution in [2.75, 3.05) is 14.2 Å². The summed E-state index contributed by atoms with van der Waals surface area (Å²) in [5.74, 6) is 1.09. The van der Waals surface area contributed by atoms with Crippen LogP contribution in [0, 0.1) is 0 Å². The summed E-state index contributed by atoms with van der Waals surface area (Å²) in [6.45, 7) is 0. The van der Waals surface area contributed by atoms with Crippen molar-refractivity contribution in [3.05, 3.63) is 29.3 Å². The molecule has 1 atom stereocenters. The van der Waals surface area contributed by atoms with Crippen LogP contribution in [0.5, 0.6) is 5.75 Å². The van der Waals surface area contributed by atoms with E-state index in [1.807, 2.05) is 0 Å². The minimum absolute atomic E-state index is 0.468. The van der Waals surface area contributed by atoms with Gasteiger partial charge in [0.15, 0.2) is 0 Å². The van der Waals surface area contributed by atoms with Crippen molar-refractivity contribution in [2.45, 2.75) is 37.1 Å². The Kier molecular flexibility index (Phi) is 2.21. The highest BCUT2D eigenvalue weighted by molar-refractivity contribution is 5.51. The van der Waals surface area contributed by atoms with E-state index in [2.05, 4.69) is 30.6 Å². The third-order valence-electron chi connectivity index (χ3n) is 4.30. The molecule has 1 unspecified atom stereocenters. The third-order valence-corrected chi connectivity index (χ3v) is 4.30. The van der Waals surface area contributed by atoms with Gasteiger partial charge in [0.25, 0.3) is 0 Å². The molecule has 1 spiro atoms. The molecule has 0 heterocycles. The molecular weight excluding hydrogens is 198 g/mol. The fraction of sp³-hybridized carbons (Fsp3) is 0.571. The van der Waals surface area contributed by atoms with Crippen LogP contribution in [0.2, 0.25) is 0 Å². The number of nitrogens with one attached hydrogen (secondary N) is 1. The van der Waals surface area contributed by atoms with Gasteiger partial charge in [0.1, 0.15) is 5.75 Å². The highest BCUT2D eigenvalue weighted by Crippen LogP contribution is 2.59. The Morgan fingerprint density at radius 1 is 1.31 bits per heavy atom. The van der Waals surface area contributed by atoms with E-state index in [-0.39, 0.29) is 0 Å². The Hall–Kier alpha value is -1.02. The van der Waals surface area contributed by atoms with E-state index in [9.17, 15) is 0 Å². The maximum absolute atomic E-state index is 5.55. The van der Waals surface area contributed by atoms with E-state index >= 15 is 0 Å². The van der Waals surface area contributed by atoms with E-state index in [1.54, 1.807) is 7.11 Å². The zero-order valence-electron chi connectivity index (χ0n) is 10.0. The lowest BCUT2D eigenvalue weighted by Gasteiger charge is -2.32. The maximum Gasteiger partial charge on any atom is 0.122 e. The Labute approximate surface area is 97.0 Å². The maximum atomic E-state index is 5.55. The van der Waals surface area contributed by atoms with Crippen molar-refractivity contribution in [3.8, 4) is 5.75 Å². The summed E-state index contributed by atoms with van der Waals surface area (Å²) in [5, 5.41) is 3.42. The van der Waals surface area contributed by atoms with Crippen LogP contribution in [0.3, 0.4) is 0 Å². The molecule has 0 saturated heterocycles. The van der Waals surface area contributed by atoms with E-state index in [0.717, 1.165) is 5.75 Å². The van der Waals surface area contributed by atoms with Crippen LogP contribution in [-0.4, -0.2) is 14.2 Å². The number of ether oxygens (including phenoxy) is 1. The molecule has 0 radical (unpaired) electrons. The number of hydrogen-bond acceptors (Lipinski definition) is 2. The molecular formula is C14H19NO. The van der Waals surface area contributed by atoms with Crippen LogP contribution < -0.4 is 10.1 Å². The molecule has 0 aliphatic heterocycles. The summed E-state index contributed by atoms with van der Waals surface area (Å²) in [6, 6.07) is 7.00. The molecule has 1 aromatic rings. The first-order chi connectivity index (χ1) is 7.80. The van der Waals surface area contributed by atoms with Gasteiger partial charge in [0.2, 0.25) is 0 Å². The number of hydrogen-bond donors (Lipinski definition) is 1. The van der Waals surface area contributed by atoms with Crippen molar-refractivity contribution < 1.29 is 4.74 Å². The molecule has 1 N–H and O–H groups in total. The van der Waals surface area contributed by atoms with Crippen LogP contribution >= 0.6 is 0 Å². The summed E-state index contributed by atoms with van der Waals surface area (Å²) in [7, 11) is 3.84. The summed E-state index contributed by atoms with van der Waals surface area (Å²) < 4.78 is 5.55. The fourth-order valence-corrected chi connectivity index (χ4v) is 3.23. The predicted octanol–water partition coefficient (Wildman–Crippen LogP) is 2.78. The molecule has 2 aliphatic rings. The monoisotopic (exact) mass is 217 g/mol. The molecule has 1 fully saturated rings. The van der Waals surface area contributed by atoms with Gasteiger partial charge >= 0.3 is 0 Å². The van der Waals surface area contributed by atoms with Crippen LogP contribution in [0.15, 0.2) is 18.2 Å². The largest absolute Gasteiger partial charge is 0.496 e. The van der Waals surface area contributed by atoms with Crippen LogP contribution in [0.4, 0.5) is 0 Å². The standard InChI is InChI=1S/C14H19NO/c1-15-11-6-7-14(8-9-14)13-10(11)4-3-5-12(13)16-2/h3-5,11,15H,6-9H2,1-2H3. The Morgan fingerprint density at radius 2 is 2.12 bits per heavy atom. The molecule has 16 heavy (non-hydrogen) atoms. The summed E-state index contributed by atoms with van der Waals surface area (Å²) >= 11 is 0. The summed E-state index contributed by atoms with van der Waals surface area (Å²) in [5.41, 5.74) is 3.42. The topological polar surface area (TPSA) is 21.3 Å². The molecule has 0 aromatic heterocycles. The normalized spacial score (nSPS) is 25.2. The first-order valence-electron chi connectivity index (χ1n) is 6.15. The van der Waals surface area contributed by atoms with Gasteiger partial charge in [-0.2, -0.15) is 0 Å². The molecule has 1 saturated carbocycles. The lowest BCUT2D eigenvalue weighted by Crippen LogP contribution is -2.27. The molecule has 0 amide bonds. The van der Waals surface area contributed by atoms with E-state index in [1.165, 1.54) is 36.8 Å². The van der Waals surface area contributed by atoms with Crippen LogP contribution in [-0.2, 0) is 5.41 Å². The lowest BCUT2D eigenvalue weighted by atomic mass is 9.77. The van der Waals surface area contributed by atoms with Crippen molar-refractivity contribution in [1.82, 2.24) is 5.32 Å². The molecule has 2 aliphatic carbocycles. The van der Waals surface area contributed by atoms with Crippen LogP contribution in [0.25, 0.3) is 0 Å². The third kappa shape index (κ3) is 1.29. The average molecular weight is 217 g/mol. The molecule has 86 valence electrons. The van der Waals surface area contributed by atoms with E-state index in [4.69, 9.17) is 4.74 Å². The Bertz CT molecular complexity index is 409. The molecule has 2 heteroatoms. The summed E-state index contributed by atoms with van der Waals surface area (Å²) in [4.78, 5) is 0. The zero-order chi connectivity index (χ0) is 11.2. The van der Waals surface area contributed by atoms with E-state index in [0.29, 0.717) is 11.5 Å². The molecule has 2 nitrogen and oxygen atoms in total. The van der Waals surface area contributed by atoms with Gasteiger partial charge in [-0.3, -0.25) is 0 Å². The zero-order valence-corrected chi connectivity index (χ0v) is 10.0. The molecule has 3 rings (SSSR count). The predicted molar refractivity (Wildman–Crippen MR) is 64.9 cm³/mol. The van der Waals surface area contributed by atoms with Crippen molar-refractivity contribution in [1.29, 1.82) is 0 Å². The number of fused-ring (bicyclic) bond motifs is 2. The Morgan fingerprint density at radius 3 is 2.75 bits per heavy atom. The molecule has 1 aromatic carbocycles. The van der Waals surface area contributed by atoms with Gasteiger partial charge < -0.3 is 10.1 Å². The summed E-state index contributed by atoms with van der Waals surface area (Å²) in [6.07, 6.45) is 5.26. The van der Waals surface area contributed by atoms with Gasteiger partial charge in [0, 0.05) is 11.6 Å². The van der Waals surface area contributed by atoms with Gasteiger partial charge in [-0.25, -0.2) is 0 Å². The van der Waals surface area contributed by atoms with Gasteiger partial charge in [0.05, 0.1) is 7.11 Å². The highest BCUT2D eigenvalue weighted by atomic mass is 16.5. The number of benzene rings is 1. The fourth-order valence-electron chi connectivity index (χ4n) is 3.23. The SMILES string of the molecule is CNC1CCC2(CC2)c2c(OC)cccc21. The van der Waals surface area contributed by atoms with Gasteiger partial charge in [-0.1, -0.05) is 12.1 Å². The van der Waals surface area contributed by atoms with Crippen molar-refractivity contribution in [2.24, 2.45) is 0 Å². The van der Waals surface area contributed by atoms with Gasteiger partial charge in [-0.05, 0) is 49.8 Å². The van der Waals surface area contributed by atoms with Crippen molar-refractivity contribution >= 4 is 0 Å². The van der Waals surface area contributed by atoms with Gasteiger partial charge in [-0.15, -0.1) is 0 Å². The number of rotatable bonds is 2. The molecule has 0 bridgehead atoms. The smallest absolute Gasteiger partial charge is 0.122 e. The average Bonchev–Trinajstić information content (AvgIpc) is 3.10. The van der Waals surface area contributed by atoms with E-state index < -0.39 is 0 Å².